The van der Waals surface area contributed by atoms with Crippen molar-refractivity contribution in [3.8, 4) is 5.75 Å². The molecule has 1 aromatic rings. The van der Waals surface area contributed by atoms with E-state index in [1.165, 1.54) is 6.07 Å². The molecule has 0 atom stereocenters. The van der Waals surface area contributed by atoms with E-state index in [4.69, 9.17) is 9.47 Å². The molecule has 7 heteroatoms. The lowest BCUT2D eigenvalue weighted by Crippen LogP contribution is -2.51. The molecule has 5 nitrogen and oxygen atoms in total. The second-order valence-electron chi connectivity index (χ2n) is 5.58. The summed E-state index contributed by atoms with van der Waals surface area (Å²) in [5.74, 6) is -0.650. The molecule has 0 aliphatic carbocycles. The Morgan fingerprint density at radius 3 is 2.73 bits per heavy atom. The highest BCUT2D eigenvalue weighted by Gasteiger charge is 2.33. The average Bonchev–Trinajstić information content (AvgIpc) is 2.46. The number of benzene rings is 1. The standard InChI is InChI=1S/C15H21F2N3O2/c1-15(9-21-10-15)8-20-14(18-2)19-5-6-22-13-4-3-11(16)7-12(13)17/h3-4,7H,5-6,8-10H2,1-2H3,(H2,18,19,20). The Morgan fingerprint density at radius 2 is 2.14 bits per heavy atom. The van der Waals surface area contributed by atoms with Crippen LogP contribution >= 0.6 is 0 Å². The lowest BCUT2D eigenvalue weighted by molar-refractivity contribution is -0.0971. The van der Waals surface area contributed by atoms with Gasteiger partial charge in [0.2, 0.25) is 0 Å². The van der Waals surface area contributed by atoms with Gasteiger partial charge in [-0.05, 0) is 12.1 Å². The van der Waals surface area contributed by atoms with Gasteiger partial charge in [-0.15, -0.1) is 0 Å². The molecule has 2 N–H and O–H groups in total. The normalized spacial score (nSPS) is 16.8. The zero-order valence-corrected chi connectivity index (χ0v) is 12.8. The van der Waals surface area contributed by atoms with Crippen LogP contribution in [-0.4, -0.2) is 45.9 Å². The predicted octanol–water partition coefficient (Wildman–Crippen LogP) is 1.55. The lowest BCUT2D eigenvalue weighted by atomic mass is 9.89. The topological polar surface area (TPSA) is 54.9 Å². The van der Waals surface area contributed by atoms with Gasteiger partial charge in [0.05, 0.1) is 19.8 Å². The maximum Gasteiger partial charge on any atom is 0.191 e. The fourth-order valence-corrected chi connectivity index (χ4v) is 1.99. The molecule has 0 saturated carbocycles. The molecule has 122 valence electrons. The number of nitrogens with zero attached hydrogens (tertiary/aromatic N) is 1. The molecular weight excluding hydrogens is 292 g/mol. The molecule has 0 aromatic heterocycles. The van der Waals surface area contributed by atoms with Crippen LogP contribution in [0, 0.1) is 17.0 Å². The summed E-state index contributed by atoms with van der Waals surface area (Å²) < 4.78 is 36.6. The van der Waals surface area contributed by atoms with Crippen molar-refractivity contribution in [2.24, 2.45) is 10.4 Å². The van der Waals surface area contributed by atoms with Crippen LogP contribution in [0.25, 0.3) is 0 Å². The monoisotopic (exact) mass is 313 g/mol. The summed E-state index contributed by atoms with van der Waals surface area (Å²) in [6.07, 6.45) is 0. The van der Waals surface area contributed by atoms with E-state index in [-0.39, 0.29) is 17.8 Å². The summed E-state index contributed by atoms with van der Waals surface area (Å²) in [4.78, 5) is 4.10. The first-order valence-corrected chi connectivity index (χ1v) is 7.12. The summed E-state index contributed by atoms with van der Waals surface area (Å²) >= 11 is 0. The van der Waals surface area contributed by atoms with Crippen LogP contribution in [0.4, 0.5) is 8.78 Å². The first kappa shape index (κ1) is 16.5. The molecule has 0 bridgehead atoms. The molecule has 22 heavy (non-hydrogen) atoms. The van der Waals surface area contributed by atoms with E-state index >= 15 is 0 Å². The van der Waals surface area contributed by atoms with Crippen LogP contribution in [0.1, 0.15) is 6.92 Å². The highest BCUT2D eigenvalue weighted by molar-refractivity contribution is 5.79. The molecule has 1 saturated heterocycles. The molecule has 1 fully saturated rings. The molecule has 1 aliphatic rings. The van der Waals surface area contributed by atoms with E-state index in [9.17, 15) is 8.78 Å². The van der Waals surface area contributed by atoms with Gasteiger partial charge in [-0.25, -0.2) is 8.78 Å². The minimum absolute atomic E-state index is 0.0327. The maximum absolute atomic E-state index is 13.4. The van der Waals surface area contributed by atoms with E-state index in [2.05, 4.69) is 22.5 Å². The van der Waals surface area contributed by atoms with Crippen molar-refractivity contribution in [2.75, 3.05) is 40.0 Å². The molecule has 0 amide bonds. The Kier molecular flexibility index (Phi) is 5.54. The fourth-order valence-electron chi connectivity index (χ4n) is 1.99. The number of guanidine groups is 1. The summed E-state index contributed by atoms with van der Waals surface area (Å²) in [6, 6.07) is 3.23. The van der Waals surface area contributed by atoms with Crippen LogP contribution in [0.2, 0.25) is 0 Å². The van der Waals surface area contributed by atoms with Crippen LogP contribution in [0.5, 0.6) is 5.75 Å². The van der Waals surface area contributed by atoms with Gasteiger partial charge in [0.15, 0.2) is 17.5 Å². The van der Waals surface area contributed by atoms with Gasteiger partial charge in [-0.2, -0.15) is 0 Å². The van der Waals surface area contributed by atoms with Crippen molar-refractivity contribution in [2.45, 2.75) is 6.92 Å². The number of halogens is 2. The van der Waals surface area contributed by atoms with E-state index in [1.54, 1.807) is 7.05 Å². The minimum atomic E-state index is -0.708. The van der Waals surface area contributed by atoms with Crippen LogP contribution in [0.15, 0.2) is 23.2 Å². The number of hydrogen-bond acceptors (Lipinski definition) is 3. The van der Waals surface area contributed by atoms with E-state index < -0.39 is 11.6 Å². The Bertz CT molecular complexity index is 534. The van der Waals surface area contributed by atoms with E-state index in [0.29, 0.717) is 12.5 Å². The molecule has 2 rings (SSSR count). The zero-order valence-electron chi connectivity index (χ0n) is 12.8. The third kappa shape index (κ3) is 4.56. The molecule has 0 spiro atoms. The quantitative estimate of drug-likeness (QED) is 0.475. The Hall–Kier alpha value is -1.89. The highest BCUT2D eigenvalue weighted by Crippen LogP contribution is 2.24. The molecule has 1 heterocycles. The number of ether oxygens (including phenoxy) is 2. The second kappa shape index (κ2) is 7.40. The molecular formula is C15H21F2N3O2. The van der Waals surface area contributed by atoms with Crippen LogP contribution in [0.3, 0.4) is 0 Å². The maximum atomic E-state index is 13.4. The Balaban J connectivity index is 1.68. The summed E-state index contributed by atoms with van der Waals surface area (Å²) in [5, 5.41) is 6.28. The predicted molar refractivity (Wildman–Crippen MR) is 80.1 cm³/mol. The van der Waals surface area contributed by atoms with Crippen molar-refractivity contribution in [3.05, 3.63) is 29.8 Å². The third-order valence-electron chi connectivity index (χ3n) is 3.35. The van der Waals surface area contributed by atoms with Gasteiger partial charge < -0.3 is 20.1 Å². The highest BCUT2D eigenvalue weighted by atomic mass is 19.1. The van der Waals surface area contributed by atoms with E-state index in [1.807, 2.05) is 0 Å². The van der Waals surface area contributed by atoms with Gasteiger partial charge in [0.1, 0.15) is 12.4 Å². The number of nitrogens with one attached hydrogen (secondary N) is 2. The summed E-state index contributed by atoms with van der Waals surface area (Å²) in [6.45, 7) is 5.07. The molecule has 1 aliphatic heterocycles. The van der Waals surface area contributed by atoms with Crippen LogP contribution < -0.4 is 15.4 Å². The van der Waals surface area contributed by atoms with Crippen molar-refractivity contribution in [1.29, 1.82) is 0 Å². The molecule has 0 unspecified atom stereocenters. The van der Waals surface area contributed by atoms with Gasteiger partial charge in [-0.3, -0.25) is 4.99 Å². The first-order valence-electron chi connectivity index (χ1n) is 7.12. The first-order chi connectivity index (χ1) is 10.5. The number of aliphatic imine (C=N–C) groups is 1. The SMILES string of the molecule is CN=C(NCCOc1ccc(F)cc1F)NCC1(C)COC1. The Morgan fingerprint density at radius 1 is 1.36 bits per heavy atom. The van der Waals surface area contributed by atoms with Gasteiger partial charge in [-0.1, -0.05) is 6.92 Å². The van der Waals surface area contributed by atoms with Gasteiger partial charge in [0.25, 0.3) is 0 Å². The lowest BCUT2D eigenvalue weighted by Gasteiger charge is -2.38. The Labute approximate surface area is 128 Å². The third-order valence-corrected chi connectivity index (χ3v) is 3.35. The zero-order chi connectivity index (χ0) is 16.0. The van der Waals surface area contributed by atoms with Gasteiger partial charge in [0, 0.05) is 25.1 Å². The minimum Gasteiger partial charge on any atom is -0.489 e. The molecule has 0 radical (unpaired) electrons. The summed E-state index contributed by atoms with van der Waals surface area (Å²) in [5.41, 5.74) is 0.144. The average molecular weight is 313 g/mol. The number of rotatable bonds is 6. The van der Waals surface area contributed by atoms with Crippen molar-refractivity contribution in [3.63, 3.8) is 0 Å². The molecule has 1 aromatic carbocycles. The summed E-state index contributed by atoms with van der Waals surface area (Å²) in [7, 11) is 1.68. The van der Waals surface area contributed by atoms with Crippen LogP contribution in [-0.2, 0) is 4.74 Å². The van der Waals surface area contributed by atoms with Crippen molar-refractivity contribution >= 4 is 5.96 Å². The van der Waals surface area contributed by atoms with Gasteiger partial charge >= 0.3 is 0 Å². The second-order valence-corrected chi connectivity index (χ2v) is 5.58. The largest absolute Gasteiger partial charge is 0.489 e. The van der Waals surface area contributed by atoms with Crippen molar-refractivity contribution in [1.82, 2.24) is 10.6 Å². The number of hydrogen-bond donors (Lipinski definition) is 2. The van der Waals surface area contributed by atoms with Crippen molar-refractivity contribution < 1.29 is 18.3 Å². The smallest absolute Gasteiger partial charge is 0.191 e. The fraction of sp³-hybridized carbons (Fsp3) is 0.533. The van der Waals surface area contributed by atoms with E-state index in [0.717, 1.165) is 31.9 Å².